The van der Waals surface area contributed by atoms with Crippen molar-refractivity contribution in [3.63, 3.8) is 0 Å². The van der Waals surface area contributed by atoms with E-state index in [4.69, 9.17) is 21.1 Å². The van der Waals surface area contributed by atoms with Crippen LogP contribution in [0.15, 0.2) is 0 Å². The quantitative estimate of drug-likeness (QED) is 0.551. The van der Waals surface area contributed by atoms with Crippen LogP contribution in [-0.4, -0.2) is 29.7 Å². The highest BCUT2D eigenvalue weighted by molar-refractivity contribution is 9.09. The van der Waals surface area contributed by atoms with Gasteiger partial charge < -0.3 is 9.47 Å². The zero-order chi connectivity index (χ0) is 10.4. The first-order chi connectivity index (χ1) is 6.76. The topological polar surface area (TPSA) is 18.5 Å². The fourth-order valence-corrected chi connectivity index (χ4v) is 2.33. The average Bonchev–Trinajstić information content (AvgIpc) is 2.63. The highest BCUT2D eigenvalue weighted by Crippen LogP contribution is 2.31. The van der Waals surface area contributed by atoms with Crippen LogP contribution in [0.5, 0.6) is 0 Å². The zero-order valence-corrected chi connectivity index (χ0v) is 10.9. The van der Waals surface area contributed by atoms with E-state index in [0.717, 1.165) is 18.2 Å². The van der Waals surface area contributed by atoms with Crippen LogP contribution in [0, 0.1) is 0 Å². The van der Waals surface area contributed by atoms with Crippen LogP contribution in [-0.2, 0) is 9.47 Å². The van der Waals surface area contributed by atoms with Crippen molar-refractivity contribution < 1.29 is 9.47 Å². The second-order valence-corrected chi connectivity index (χ2v) is 4.58. The van der Waals surface area contributed by atoms with Gasteiger partial charge in [0.2, 0.25) is 0 Å². The molecular weight excluding hydrogens is 267 g/mol. The van der Waals surface area contributed by atoms with Crippen molar-refractivity contribution >= 4 is 27.5 Å². The second-order valence-electron chi connectivity index (χ2n) is 3.71. The minimum absolute atomic E-state index is 0.0656. The Hall–Kier alpha value is 0.690. The van der Waals surface area contributed by atoms with Crippen molar-refractivity contribution in [1.29, 1.82) is 0 Å². The first-order valence-electron chi connectivity index (χ1n) is 5.20. The summed E-state index contributed by atoms with van der Waals surface area (Å²) < 4.78 is 11.5. The average molecular weight is 286 g/mol. The number of hydrogen-bond acceptors (Lipinski definition) is 2. The number of hydrogen-bond donors (Lipinski definition) is 0. The van der Waals surface area contributed by atoms with E-state index in [-0.39, 0.29) is 6.10 Å². The Morgan fingerprint density at radius 1 is 1.50 bits per heavy atom. The van der Waals surface area contributed by atoms with Crippen LogP contribution in [0.25, 0.3) is 0 Å². The van der Waals surface area contributed by atoms with Gasteiger partial charge in [0.1, 0.15) is 0 Å². The van der Waals surface area contributed by atoms with Crippen molar-refractivity contribution in [1.82, 2.24) is 0 Å². The lowest BCUT2D eigenvalue weighted by Gasteiger charge is -2.25. The predicted molar refractivity (Wildman–Crippen MR) is 62.2 cm³/mol. The Balaban J connectivity index is 2.35. The molecule has 0 unspecified atom stereocenters. The van der Waals surface area contributed by atoms with Gasteiger partial charge in [0.25, 0.3) is 0 Å². The minimum Gasteiger partial charge on any atom is -0.346 e. The molecule has 0 bridgehead atoms. The maximum atomic E-state index is 5.79. The van der Waals surface area contributed by atoms with Crippen LogP contribution >= 0.6 is 27.5 Å². The predicted octanol–water partition coefficient (Wildman–Crippen LogP) is 3.31. The van der Waals surface area contributed by atoms with Crippen LogP contribution < -0.4 is 0 Å². The van der Waals surface area contributed by atoms with Crippen molar-refractivity contribution in [3.8, 4) is 0 Å². The maximum absolute atomic E-state index is 5.79. The highest BCUT2D eigenvalue weighted by Gasteiger charge is 2.39. The Bertz CT molecular complexity index is 168. The lowest BCUT2D eigenvalue weighted by molar-refractivity contribution is -0.151. The summed E-state index contributed by atoms with van der Waals surface area (Å²) in [5, 5.41) is 0.733. The summed E-state index contributed by atoms with van der Waals surface area (Å²) in [5.41, 5.74) is 0. The fourth-order valence-electron chi connectivity index (χ4n) is 1.60. The molecule has 4 heteroatoms. The summed E-state index contributed by atoms with van der Waals surface area (Å²) in [6.45, 7) is 2.82. The summed E-state index contributed by atoms with van der Waals surface area (Å²) >= 11 is 9.18. The Kier molecular flexibility index (Phi) is 5.75. The maximum Gasteiger partial charge on any atom is 0.178 e. The van der Waals surface area contributed by atoms with Crippen LogP contribution in [0.2, 0.25) is 0 Å². The lowest BCUT2D eigenvalue weighted by Crippen LogP contribution is -2.33. The molecule has 0 N–H and O–H groups in total. The molecule has 14 heavy (non-hydrogen) atoms. The monoisotopic (exact) mass is 284 g/mol. The van der Waals surface area contributed by atoms with E-state index in [9.17, 15) is 0 Å². The minimum atomic E-state index is -0.408. The van der Waals surface area contributed by atoms with Gasteiger partial charge in [-0.3, -0.25) is 0 Å². The van der Waals surface area contributed by atoms with Gasteiger partial charge in [0.05, 0.1) is 23.9 Å². The summed E-state index contributed by atoms with van der Waals surface area (Å²) in [4.78, 5) is 0. The Labute approximate surface area is 99.4 Å². The molecule has 0 aromatic carbocycles. The van der Waals surface area contributed by atoms with E-state index in [2.05, 4.69) is 22.9 Å². The molecule has 0 aromatic heterocycles. The van der Waals surface area contributed by atoms with E-state index < -0.39 is 5.79 Å². The fraction of sp³-hybridized carbons (Fsp3) is 1.00. The lowest BCUT2D eigenvalue weighted by atomic mass is 10.1. The van der Waals surface area contributed by atoms with Crippen molar-refractivity contribution in [2.24, 2.45) is 0 Å². The number of halogens is 2. The van der Waals surface area contributed by atoms with E-state index in [1.165, 1.54) is 12.8 Å². The summed E-state index contributed by atoms with van der Waals surface area (Å²) in [6.07, 6.45) is 4.62. The Morgan fingerprint density at radius 3 is 2.79 bits per heavy atom. The summed E-state index contributed by atoms with van der Waals surface area (Å²) in [6, 6.07) is 0. The molecule has 0 radical (unpaired) electrons. The van der Waals surface area contributed by atoms with Crippen LogP contribution in [0.3, 0.4) is 0 Å². The number of unbranched alkanes of at least 4 members (excludes halogenated alkanes) is 2. The van der Waals surface area contributed by atoms with Crippen molar-refractivity contribution in [2.45, 2.75) is 44.5 Å². The second kappa shape index (κ2) is 6.31. The molecule has 2 atom stereocenters. The smallest absolute Gasteiger partial charge is 0.178 e. The molecular formula is C10H18BrClO2. The number of rotatable bonds is 6. The van der Waals surface area contributed by atoms with Crippen molar-refractivity contribution in [2.75, 3.05) is 17.8 Å². The zero-order valence-electron chi connectivity index (χ0n) is 8.60. The van der Waals surface area contributed by atoms with Gasteiger partial charge in [-0.25, -0.2) is 0 Å². The molecule has 1 aliphatic rings. The van der Waals surface area contributed by atoms with Gasteiger partial charge >= 0.3 is 0 Å². The standard InChI is InChI=1S/C10H18BrClO2/c1-2-3-4-5-10(8-11)13-7-9(6-12)14-10/h9H,2-8H2,1H3/t9-,10-/m1/s1. The molecule has 0 aromatic rings. The van der Waals surface area contributed by atoms with E-state index in [0.29, 0.717) is 12.5 Å². The van der Waals surface area contributed by atoms with Gasteiger partial charge in [0, 0.05) is 6.42 Å². The first kappa shape index (κ1) is 12.8. The van der Waals surface area contributed by atoms with E-state index in [1.54, 1.807) is 0 Å². The highest BCUT2D eigenvalue weighted by atomic mass is 79.9. The molecule has 0 saturated carbocycles. The summed E-state index contributed by atoms with van der Waals surface area (Å²) in [5.74, 6) is 0.108. The SMILES string of the molecule is CCCCC[C@@]1(CBr)OC[C@@H](CCl)O1. The largest absolute Gasteiger partial charge is 0.346 e. The number of ether oxygens (including phenoxy) is 2. The van der Waals surface area contributed by atoms with Crippen LogP contribution in [0.1, 0.15) is 32.6 Å². The Morgan fingerprint density at radius 2 is 2.29 bits per heavy atom. The number of alkyl halides is 2. The molecule has 2 nitrogen and oxygen atoms in total. The van der Waals surface area contributed by atoms with Gasteiger partial charge in [-0.05, 0) is 6.42 Å². The summed E-state index contributed by atoms with van der Waals surface area (Å²) in [7, 11) is 0. The molecule has 1 saturated heterocycles. The van der Waals surface area contributed by atoms with Crippen LogP contribution in [0.4, 0.5) is 0 Å². The molecule has 0 amide bonds. The van der Waals surface area contributed by atoms with Gasteiger partial charge in [-0.1, -0.05) is 35.7 Å². The molecule has 1 fully saturated rings. The normalized spacial score (nSPS) is 32.4. The molecule has 1 rings (SSSR count). The van der Waals surface area contributed by atoms with Gasteiger partial charge in [-0.15, -0.1) is 11.6 Å². The molecule has 0 aliphatic carbocycles. The third-order valence-corrected chi connectivity index (χ3v) is 3.65. The first-order valence-corrected chi connectivity index (χ1v) is 6.85. The van der Waals surface area contributed by atoms with Crippen molar-refractivity contribution in [3.05, 3.63) is 0 Å². The molecule has 0 spiro atoms. The third-order valence-electron chi connectivity index (χ3n) is 2.45. The van der Waals surface area contributed by atoms with Gasteiger partial charge in [-0.2, -0.15) is 0 Å². The van der Waals surface area contributed by atoms with Gasteiger partial charge in [0.15, 0.2) is 5.79 Å². The van der Waals surface area contributed by atoms with E-state index in [1.807, 2.05) is 0 Å². The molecule has 84 valence electrons. The molecule has 1 heterocycles. The van der Waals surface area contributed by atoms with E-state index >= 15 is 0 Å². The molecule has 1 aliphatic heterocycles. The third kappa shape index (κ3) is 3.37.